The van der Waals surface area contributed by atoms with Crippen molar-refractivity contribution in [1.29, 1.82) is 0 Å². The predicted octanol–water partition coefficient (Wildman–Crippen LogP) is 3.65. The summed E-state index contributed by atoms with van der Waals surface area (Å²) in [6.45, 7) is 6.55. The average molecular weight is 352 g/mol. The molecule has 1 fully saturated rings. The van der Waals surface area contributed by atoms with Gasteiger partial charge in [0.2, 0.25) is 5.91 Å². The van der Waals surface area contributed by atoms with Crippen LogP contribution < -0.4 is 5.43 Å². The molecule has 0 aliphatic heterocycles. The van der Waals surface area contributed by atoms with Crippen LogP contribution in [0, 0.1) is 5.92 Å². The smallest absolute Gasteiger partial charge is 0.243 e. The third-order valence-electron chi connectivity index (χ3n) is 4.72. The third-order valence-corrected chi connectivity index (χ3v) is 4.72. The van der Waals surface area contributed by atoms with Crippen molar-refractivity contribution in [2.75, 3.05) is 0 Å². The highest BCUT2D eigenvalue weighted by Gasteiger charge is 2.43. The van der Waals surface area contributed by atoms with E-state index in [9.17, 15) is 15.0 Å². The molecule has 0 radical (unpaired) electrons. The molecule has 0 bridgehead atoms. The number of benzene rings is 2. The zero-order chi connectivity index (χ0) is 18.9. The van der Waals surface area contributed by atoms with Gasteiger partial charge in [-0.1, -0.05) is 45.0 Å². The Morgan fingerprint density at radius 2 is 1.81 bits per heavy atom. The van der Waals surface area contributed by atoms with Gasteiger partial charge in [-0.05, 0) is 52.6 Å². The molecule has 1 aliphatic rings. The number of hydrogen-bond donors (Lipinski definition) is 3. The van der Waals surface area contributed by atoms with E-state index in [1.807, 2.05) is 0 Å². The Kier molecular flexibility index (Phi) is 4.72. The lowest BCUT2D eigenvalue weighted by Gasteiger charge is -2.19. The molecule has 3 rings (SSSR count). The van der Waals surface area contributed by atoms with Gasteiger partial charge in [0.15, 0.2) is 11.5 Å². The van der Waals surface area contributed by atoms with E-state index in [1.54, 1.807) is 6.07 Å². The van der Waals surface area contributed by atoms with E-state index in [1.165, 1.54) is 29.5 Å². The van der Waals surface area contributed by atoms with Crippen LogP contribution in [-0.4, -0.2) is 22.3 Å². The lowest BCUT2D eigenvalue weighted by Crippen LogP contribution is -2.20. The molecule has 2 unspecified atom stereocenters. The molecule has 1 aliphatic carbocycles. The van der Waals surface area contributed by atoms with Crippen LogP contribution in [0.3, 0.4) is 0 Å². The van der Waals surface area contributed by atoms with E-state index >= 15 is 0 Å². The fraction of sp³-hybridized carbons (Fsp3) is 0.333. The number of amides is 1. The number of nitrogens with one attached hydrogen (secondary N) is 1. The number of phenolic OH excluding ortho intramolecular Hbond substituents is 2. The molecular weight excluding hydrogens is 328 g/mol. The van der Waals surface area contributed by atoms with E-state index in [-0.39, 0.29) is 34.7 Å². The second-order valence-corrected chi connectivity index (χ2v) is 7.80. The van der Waals surface area contributed by atoms with Crippen LogP contribution in [0.4, 0.5) is 0 Å². The molecule has 0 aromatic heterocycles. The number of hydrogen-bond acceptors (Lipinski definition) is 4. The van der Waals surface area contributed by atoms with Gasteiger partial charge in [0, 0.05) is 5.92 Å². The molecule has 5 heteroatoms. The van der Waals surface area contributed by atoms with Gasteiger partial charge < -0.3 is 10.2 Å². The van der Waals surface area contributed by atoms with Gasteiger partial charge in [-0.25, -0.2) is 5.43 Å². The first kappa shape index (κ1) is 18.0. The van der Waals surface area contributed by atoms with Crippen LogP contribution in [0.5, 0.6) is 11.5 Å². The zero-order valence-electron chi connectivity index (χ0n) is 15.2. The minimum Gasteiger partial charge on any atom is -0.504 e. The molecule has 2 aromatic carbocycles. The van der Waals surface area contributed by atoms with E-state index < -0.39 is 0 Å². The summed E-state index contributed by atoms with van der Waals surface area (Å²) in [6.07, 6.45) is 2.27. The van der Waals surface area contributed by atoms with Crippen molar-refractivity contribution in [2.24, 2.45) is 11.0 Å². The maximum Gasteiger partial charge on any atom is 0.243 e. The first-order valence-corrected chi connectivity index (χ1v) is 8.71. The Morgan fingerprint density at radius 1 is 1.12 bits per heavy atom. The molecule has 5 nitrogen and oxygen atoms in total. The summed E-state index contributed by atoms with van der Waals surface area (Å²) in [6, 6.07) is 12.8. The van der Waals surface area contributed by atoms with Crippen molar-refractivity contribution in [2.45, 2.75) is 38.5 Å². The number of phenols is 2. The number of rotatable bonds is 4. The van der Waals surface area contributed by atoms with Crippen molar-refractivity contribution in [3.63, 3.8) is 0 Å². The molecule has 0 saturated heterocycles. The Labute approximate surface area is 153 Å². The summed E-state index contributed by atoms with van der Waals surface area (Å²) in [5, 5.41) is 22.6. The van der Waals surface area contributed by atoms with Gasteiger partial charge >= 0.3 is 0 Å². The Hall–Kier alpha value is -2.82. The first-order chi connectivity index (χ1) is 12.3. The summed E-state index contributed by atoms with van der Waals surface area (Å²) in [5.41, 5.74) is 5.73. The fourth-order valence-electron chi connectivity index (χ4n) is 2.96. The monoisotopic (exact) mass is 352 g/mol. The van der Waals surface area contributed by atoms with Crippen LogP contribution >= 0.6 is 0 Å². The summed E-state index contributed by atoms with van der Waals surface area (Å²) in [4.78, 5) is 12.2. The van der Waals surface area contributed by atoms with Crippen LogP contribution in [-0.2, 0) is 10.2 Å². The molecule has 0 spiro atoms. The van der Waals surface area contributed by atoms with Crippen molar-refractivity contribution >= 4 is 12.1 Å². The third kappa shape index (κ3) is 4.04. The molecule has 2 atom stereocenters. The molecule has 26 heavy (non-hydrogen) atoms. The lowest BCUT2D eigenvalue weighted by molar-refractivity contribution is -0.122. The van der Waals surface area contributed by atoms with Gasteiger partial charge in [-0.3, -0.25) is 4.79 Å². The summed E-state index contributed by atoms with van der Waals surface area (Å²) < 4.78 is 0. The Morgan fingerprint density at radius 3 is 2.42 bits per heavy atom. The number of carbonyl (C=O) groups excluding carboxylic acids is 1. The van der Waals surface area contributed by atoms with Gasteiger partial charge in [-0.2, -0.15) is 5.10 Å². The van der Waals surface area contributed by atoms with Crippen LogP contribution in [0.15, 0.2) is 47.6 Å². The topological polar surface area (TPSA) is 81.9 Å². The first-order valence-electron chi connectivity index (χ1n) is 8.71. The SMILES string of the molecule is CC(C)(C)c1ccc(C2CC2C(=O)NN=Cc2ccc(O)c(O)c2)cc1. The summed E-state index contributed by atoms with van der Waals surface area (Å²) in [7, 11) is 0. The quantitative estimate of drug-likeness (QED) is 0.446. The largest absolute Gasteiger partial charge is 0.504 e. The average Bonchev–Trinajstić information content (AvgIpc) is 3.38. The van der Waals surface area contributed by atoms with Gasteiger partial charge in [0.05, 0.1) is 6.21 Å². The molecule has 3 N–H and O–H groups in total. The van der Waals surface area contributed by atoms with Crippen molar-refractivity contribution in [3.8, 4) is 11.5 Å². The second-order valence-electron chi connectivity index (χ2n) is 7.80. The summed E-state index contributed by atoms with van der Waals surface area (Å²) >= 11 is 0. The minimum atomic E-state index is -0.221. The van der Waals surface area contributed by atoms with Gasteiger partial charge in [-0.15, -0.1) is 0 Å². The normalized spacial score (nSPS) is 19.5. The molecule has 1 amide bonds. The van der Waals surface area contributed by atoms with E-state index in [4.69, 9.17) is 0 Å². The van der Waals surface area contributed by atoms with Crippen molar-refractivity contribution in [3.05, 3.63) is 59.2 Å². The zero-order valence-corrected chi connectivity index (χ0v) is 15.2. The minimum absolute atomic E-state index is 0.0548. The molecule has 2 aromatic rings. The second kappa shape index (κ2) is 6.83. The Bertz CT molecular complexity index is 835. The highest BCUT2D eigenvalue weighted by molar-refractivity contribution is 5.86. The number of nitrogens with zero attached hydrogens (tertiary/aromatic N) is 1. The highest BCUT2D eigenvalue weighted by Crippen LogP contribution is 2.47. The Balaban J connectivity index is 1.55. The molecule has 1 saturated carbocycles. The van der Waals surface area contributed by atoms with Gasteiger partial charge in [0.1, 0.15) is 0 Å². The number of carbonyl (C=O) groups is 1. The van der Waals surface area contributed by atoms with Gasteiger partial charge in [0.25, 0.3) is 0 Å². The fourth-order valence-corrected chi connectivity index (χ4v) is 2.96. The maximum atomic E-state index is 12.2. The van der Waals surface area contributed by atoms with Crippen LogP contribution in [0.2, 0.25) is 0 Å². The van der Waals surface area contributed by atoms with Crippen molar-refractivity contribution < 1.29 is 15.0 Å². The van der Waals surface area contributed by atoms with E-state index in [2.05, 4.69) is 55.6 Å². The maximum absolute atomic E-state index is 12.2. The van der Waals surface area contributed by atoms with E-state index in [0.29, 0.717) is 5.56 Å². The molecule has 0 heterocycles. The summed E-state index contributed by atoms with van der Waals surface area (Å²) in [5.74, 6) is -0.322. The number of hydrazone groups is 1. The standard InChI is InChI=1S/C21H24N2O3/c1-21(2,3)15-7-5-14(6-8-15)16-11-17(16)20(26)23-22-12-13-4-9-18(24)19(25)10-13/h4-10,12,16-17,24-25H,11H2,1-3H3,(H,23,26). The molecule has 136 valence electrons. The van der Waals surface area contributed by atoms with Crippen LogP contribution in [0.25, 0.3) is 0 Å². The highest BCUT2D eigenvalue weighted by atomic mass is 16.3. The predicted molar refractivity (Wildman–Crippen MR) is 101 cm³/mol. The van der Waals surface area contributed by atoms with Crippen LogP contribution in [0.1, 0.15) is 49.8 Å². The number of aromatic hydroxyl groups is 2. The van der Waals surface area contributed by atoms with Crippen molar-refractivity contribution in [1.82, 2.24) is 5.43 Å². The van der Waals surface area contributed by atoms with E-state index in [0.717, 1.165) is 6.42 Å². The molecular formula is C21H24N2O3. The lowest BCUT2D eigenvalue weighted by atomic mass is 9.86.